The summed E-state index contributed by atoms with van der Waals surface area (Å²) in [6, 6.07) is 16.2. The third-order valence-corrected chi connectivity index (χ3v) is 6.19. The van der Waals surface area contributed by atoms with Crippen molar-refractivity contribution >= 4 is 17.7 Å². The summed E-state index contributed by atoms with van der Waals surface area (Å²) in [7, 11) is 0. The van der Waals surface area contributed by atoms with Crippen molar-refractivity contribution in [1.82, 2.24) is 20.1 Å². The zero-order valence-electron chi connectivity index (χ0n) is 17.1. The van der Waals surface area contributed by atoms with Gasteiger partial charge in [0, 0.05) is 24.6 Å². The molecule has 2 aromatic carbocycles. The first kappa shape index (κ1) is 19.9. The van der Waals surface area contributed by atoms with Crippen LogP contribution in [0.15, 0.2) is 53.7 Å². The molecule has 2 aliphatic rings. The van der Waals surface area contributed by atoms with E-state index in [1.54, 1.807) is 0 Å². The second-order valence-corrected chi connectivity index (χ2v) is 8.61. The van der Waals surface area contributed by atoms with Crippen molar-refractivity contribution < 1.29 is 14.3 Å². The van der Waals surface area contributed by atoms with Crippen LogP contribution >= 0.6 is 11.8 Å². The highest BCUT2D eigenvalue weighted by atomic mass is 32.2. The van der Waals surface area contributed by atoms with Crippen LogP contribution in [0, 0.1) is 0 Å². The van der Waals surface area contributed by atoms with Crippen molar-refractivity contribution in [3.8, 4) is 22.9 Å². The molecule has 5 rings (SSSR count). The fraction of sp³-hybridized carbons (Fsp3) is 0.348. The Hall–Kier alpha value is -3.00. The molecule has 7 nitrogen and oxygen atoms in total. The van der Waals surface area contributed by atoms with Crippen molar-refractivity contribution in [3.05, 3.63) is 54.1 Å². The maximum absolute atomic E-state index is 12.3. The molecule has 3 aromatic rings. The van der Waals surface area contributed by atoms with Gasteiger partial charge in [-0.25, -0.2) is 0 Å². The van der Waals surface area contributed by atoms with Crippen LogP contribution < -0.4 is 14.8 Å². The number of fused-ring (bicyclic) bond motifs is 1. The molecule has 31 heavy (non-hydrogen) atoms. The van der Waals surface area contributed by atoms with E-state index >= 15 is 0 Å². The topological polar surface area (TPSA) is 78.3 Å². The number of carbonyl (C=O) groups excluding carboxylic acids is 1. The molecule has 0 bridgehead atoms. The molecule has 0 atom stereocenters. The van der Waals surface area contributed by atoms with Gasteiger partial charge in [-0.2, -0.15) is 0 Å². The third kappa shape index (κ3) is 4.69. The number of carbonyl (C=O) groups is 1. The van der Waals surface area contributed by atoms with Crippen LogP contribution in [-0.4, -0.2) is 39.6 Å². The molecule has 0 unspecified atom stereocenters. The van der Waals surface area contributed by atoms with E-state index in [0.29, 0.717) is 31.6 Å². The lowest BCUT2D eigenvalue weighted by molar-refractivity contribution is -0.118. The lowest BCUT2D eigenvalue weighted by atomic mass is 10.2. The largest absolute Gasteiger partial charge is 0.490 e. The Morgan fingerprint density at radius 1 is 1.06 bits per heavy atom. The van der Waals surface area contributed by atoms with E-state index < -0.39 is 0 Å². The van der Waals surface area contributed by atoms with Gasteiger partial charge in [0.15, 0.2) is 22.5 Å². The minimum atomic E-state index is -0.0173. The smallest absolute Gasteiger partial charge is 0.230 e. The number of hydrogen-bond donors (Lipinski definition) is 1. The van der Waals surface area contributed by atoms with Crippen LogP contribution in [0.5, 0.6) is 11.5 Å². The molecular weight excluding hydrogens is 412 g/mol. The van der Waals surface area contributed by atoms with Gasteiger partial charge >= 0.3 is 0 Å². The van der Waals surface area contributed by atoms with E-state index in [2.05, 4.69) is 20.1 Å². The second-order valence-electron chi connectivity index (χ2n) is 7.67. The Labute approximate surface area is 185 Å². The maximum Gasteiger partial charge on any atom is 0.230 e. The minimum Gasteiger partial charge on any atom is -0.490 e. The summed E-state index contributed by atoms with van der Waals surface area (Å²) in [6.07, 6.45) is 3.07. The Morgan fingerprint density at radius 2 is 1.87 bits per heavy atom. The highest BCUT2D eigenvalue weighted by molar-refractivity contribution is 7.99. The Kier molecular flexibility index (Phi) is 5.80. The highest BCUT2D eigenvalue weighted by Crippen LogP contribution is 2.42. The SMILES string of the molecule is O=C(CSc1nnc(-c2ccc3c(c2)OCCCO3)n1C1CC1)NCc1ccccc1. The fourth-order valence-corrected chi connectivity index (χ4v) is 4.35. The molecule has 1 N–H and O–H groups in total. The summed E-state index contributed by atoms with van der Waals surface area (Å²) < 4.78 is 13.7. The number of aromatic nitrogens is 3. The van der Waals surface area contributed by atoms with Gasteiger partial charge in [-0.05, 0) is 36.6 Å². The van der Waals surface area contributed by atoms with Crippen molar-refractivity contribution in [2.24, 2.45) is 0 Å². The van der Waals surface area contributed by atoms with Gasteiger partial charge < -0.3 is 14.8 Å². The van der Waals surface area contributed by atoms with E-state index in [4.69, 9.17) is 9.47 Å². The van der Waals surface area contributed by atoms with Crippen LogP contribution in [0.25, 0.3) is 11.4 Å². The number of hydrogen-bond acceptors (Lipinski definition) is 6. The summed E-state index contributed by atoms with van der Waals surface area (Å²) in [5, 5.41) is 12.6. The summed E-state index contributed by atoms with van der Waals surface area (Å²) in [6.45, 7) is 1.83. The molecule has 0 radical (unpaired) electrons. The standard InChI is InChI=1S/C23H24N4O3S/c28-21(24-14-16-5-2-1-3-6-16)15-31-23-26-25-22(27(23)18-8-9-18)17-7-10-19-20(13-17)30-12-4-11-29-19/h1-3,5-7,10,13,18H,4,8-9,11-12,14-15H2,(H,24,28). The molecule has 2 heterocycles. The molecule has 1 fully saturated rings. The first-order valence-electron chi connectivity index (χ1n) is 10.6. The predicted octanol–water partition coefficient (Wildman–Crippen LogP) is 3.85. The van der Waals surface area contributed by atoms with E-state index in [1.165, 1.54) is 11.8 Å². The van der Waals surface area contributed by atoms with Crippen molar-refractivity contribution in [1.29, 1.82) is 0 Å². The minimum absolute atomic E-state index is 0.0173. The monoisotopic (exact) mass is 436 g/mol. The normalized spacial score (nSPS) is 15.4. The van der Waals surface area contributed by atoms with Crippen LogP contribution in [0.2, 0.25) is 0 Å². The summed E-state index contributed by atoms with van der Waals surface area (Å²) >= 11 is 1.43. The van der Waals surface area contributed by atoms with Crippen molar-refractivity contribution in [2.75, 3.05) is 19.0 Å². The zero-order chi connectivity index (χ0) is 21.0. The van der Waals surface area contributed by atoms with Gasteiger partial charge in [-0.3, -0.25) is 9.36 Å². The molecule has 8 heteroatoms. The van der Waals surface area contributed by atoms with Gasteiger partial charge in [-0.15, -0.1) is 10.2 Å². The maximum atomic E-state index is 12.3. The number of thioether (sulfide) groups is 1. The average molecular weight is 437 g/mol. The average Bonchev–Trinajstić information content (AvgIpc) is 3.60. The highest BCUT2D eigenvalue weighted by Gasteiger charge is 2.30. The number of rotatable bonds is 7. The van der Waals surface area contributed by atoms with Gasteiger partial charge in [0.05, 0.1) is 19.0 Å². The van der Waals surface area contributed by atoms with Gasteiger partial charge in [0.25, 0.3) is 0 Å². The first-order chi connectivity index (χ1) is 15.3. The summed E-state index contributed by atoms with van der Waals surface area (Å²) in [5.41, 5.74) is 2.03. The molecular formula is C23H24N4O3S. The number of ether oxygens (including phenoxy) is 2. The fourth-order valence-electron chi connectivity index (χ4n) is 3.51. The van der Waals surface area contributed by atoms with Crippen molar-refractivity contribution in [2.45, 2.75) is 37.0 Å². The molecule has 0 saturated heterocycles. The number of nitrogens with one attached hydrogen (secondary N) is 1. The summed E-state index contributed by atoms with van der Waals surface area (Å²) in [5.74, 6) is 2.61. The molecule has 1 amide bonds. The van der Waals surface area contributed by atoms with Gasteiger partial charge in [0.2, 0.25) is 5.91 Å². The van der Waals surface area contributed by atoms with Crippen LogP contribution in [0.1, 0.15) is 30.9 Å². The predicted molar refractivity (Wildman–Crippen MR) is 118 cm³/mol. The molecule has 160 valence electrons. The summed E-state index contributed by atoms with van der Waals surface area (Å²) in [4.78, 5) is 12.3. The molecule has 1 aromatic heterocycles. The number of nitrogens with zero attached hydrogens (tertiary/aromatic N) is 3. The Balaban J connectivity index is 1.29. The number of benzene rings is 2. The zero-order valence-corrected chi connectivity index (χ0v) is 17.9. The first-order valence-corrected chi connectivity index (χ1v) is 11.5. The van der Waals surface area contributed by atoms with Gasteiger partial charge in [0.1, 0.15) is 0 Å². The number of amides is 1. The van der Waals surface area contributed by atoms with E-state index in [-0.39, 0.29) is 5.91 Å². The molecule has 0 spiro atoms. The van der Waals surface area contributed by atoms with E-state index in [1.807, 2.05) is 48.5 Å². The van der Waals surface area contributed by atoms with Crippen LogP contribution in [-0.2, 0) is 11.3 Å². The third-order valence-electron chi connectivity index (χ3n) is 5.25. The van der Waals surface area contributed by atoms with Crippen LogP contribution in [0.3, 0.4) is 0 Å². The lowest BCUT2D eigenvalue weighted by Crippen LogP contribution is -2.24. The second kappa shape index (κ2) is 9.01. The Bertz CT molecular complexity index is 1070. The van der Waals surface area contributed by atoms with Crippen LogP contribution in [0.4, 0.5) is 0 Å². The van der Waals surface area contributed by atoms with Gasteiger partial charge in [-0.1, -0.05) is 42.1 Å². The molecule has 1 saturated carbocycles. The van der Waals surface area contributed by atoms with E-state index in [0.717, 1.165) is 52.9 Å². The Morgan fingerprint density at radius 3 is 2.68 bits per heavy atom. The lowest BCUT2D eigenvalue weighted by Gasteiger charge is -2.11. The molecule has 1 aliphatic carbocycles. The molecule has 1 aliphatic heterocycles. The van der Waals surface area contributed by atoms with Crippen molar-refractivity contribution in [3.63, 3.8) is 0 Å². The van der Waals surface area contributed by atoms with E-state index in [9.17, 15) is 4.79 Å². The quantitative estimate of drug-likeness (QED) is 0.567.